The molecular weight excluding hydrogens is 234 g/mol. The Morgan fingerprint density at radius 2 is 2.41 bits per heavy atom. The van der Waals surface area contributed by atoms with E-state index in [9.17, 15) is 0 Å². The van der Waals surface area contributed by atoms with E-state index in [1.165, 1.54) is 19.5 Å². The van der Waals surface area contributed by atoms with Gasteiger partial charge >= 0.3 is 0 Å². The molecule has 0 bridgehead atoms. The molecule has 4 heteroatoms. The highest BCUT2D eigenvalue weighted by atomic mass is 35.5. The predicted octanol–water partition coefficient (Wildman–Crippen LogP) is 2.48. The van der Waals surface area contributed by atoms with Crippen LogP contribution in [0.5, 0.6) is 0 Å². The molecule has 0 amide bonds. The molecule has 90 valence electrons. The van der Waals surface area contributed by atoms with Gasteiger partial charge in [0.15, 0.2) is 0 Å². The summed E-state index contributed by atoms with van der Waals surface area (Å²) in [6.45, 7) is 2.39. The average molecular weight is 250 g/mol. The zero-order chi connectivity index (χ0) is 11.8. The van der Waals surface area contributed by atoms with E-state index in [2.05, 4.69) is 21.3 Å². The Hall–Kier alpha value is -1.06. The summed E-state index contributed by atoms with van der Waals surface area (Å²) in [5.74, 6) is 1.89. The van der Waals surface area contributed by atoms with Crippen LogP contribution >= 0.6 is 11.6 Å². The summed E-state index contributed by atoms with van der Waals surface area (Å²) < 4.78 is 2.14. The van der Waals surface area contributed by atoms with Crippen molar-refractivity contribution in [2.45, 2.75) is 12.8 Å². The highest BCUT2D eigenvalue weighted by Crippen LogP contribution is 2.20. The number of halogens is 1. The van der Waals surface area contributed by atoms with Crippen molar-refractivity contribution in [3.8, 4) is 0 Å². The van der Waals surface area contributed by atoms with Gasteiger partial charge in [-0.05, 0) is 38.1 Å². The molecule has 0 N–H and O–H groups in total. The minimum absolute atomic E-state index is 0.737. The molecule has 0 saturated carbocycles. The zero-order valence-electron chi connectivity index (χ0n) is 9.93. The smallest absolute Gasteiger partial charge is 0.113 e. The van der Waals surface area contributed by atoms with Crippen LogP contribution in [-0.4, -0.2) is 34.4 Å². The minimum Gasteiger partial charge on any atom is -0.306 e. The molecule has 1 aliphatic heterocycles. The summed E-state index contributed by atoms with van der Waals surface area (Å²) in [5.41, 5.74) is 1.08. The molecule has 2 aromatic rings. The average Bonchev–Trinajstić information content (AvgIpc) is 2.86. The van der Waals surface area contributed by atoms with Crippen molar-refractivity contribution in [2.24, 2.45) is 5.92 Å². The first-order valence-electron chi connectivity index (χ1n) is 6.02. The number of pyridine rings is 1. The monoisotopic (exact) mass is 249 g/mol. The first-order chi connectivity index (χ1) is 8.22. The van der Waals surface area contributed by atoms with Crippen LogP contribution in [0, 0.1) is 5.92 Å². The van der Waals surface area contributed by atoms with Gasteiger partial charge in [0.25, 0.3) is 0 Å². The maximum Gasteiger partial charge on any atom is 0.113 e. The maximum atomic E-state index is 5.97. The Balaban J connectivity index is 1.85. The van der Waals surface area contributed by atoms with Gasteiger partial charge in [0.05, 0.1) is 11.7 Å². The molecule has 17 heavy (non-hydrogen) atoms. The van der Waals surface area contributed by atoms with Crippen molar-refractivity contribution in [3.63, 3.8) is 0 Å². The largest absolute Gasteiger partial charge is 0.306 e. The van der Waals surface area contributed by atoms with Crippen LogP contribution in [0.15, 0.2) is 24.5 Å². The van der Waals surface area contributed by atoms with Crippen molar-refractivity contribution in [3.05, 3.63) is 35.4 Å². The van der Waals surface area contributed by atoms with Gasteiger partial charge in [-0.15, -0.1) is 0 Å². The fourth-order valence-electron chi connectivity index (χ4n) is 2.63. The van der Waals surface area contributed by atoms with Gasteiger partial charge in [0, 0.05) is 24.2 Å². The Bertz CT molecular complexity index is 534. The summed E-state index contributed by atoms with van der Waals surface area (Å²) in [6.07, 6.45) is 6.25. The van der Waals surface area contributed by atoms with Gasteiger partial charge in [0.2, 0.25) is 0 Å². The molecule has 0 spiro atoms. The number of rotatable bonds is 2. The molecule has 3 rings (SSSR count). The van der Waals surface area contributed by atoms with Gasteiger partial charge in [-0.3, -0.25) is 0 Å². The van der Waals surface area contributed by atoms with Crippen LogP contribution in [0.25, 0.3) is 5.52 Å². The Morgan fingerprint density at radius 3 is 3.18 bits per heavy atom. The van der Waals surface area contributed by atoms with Crippen molar-refractivity contribution in [1.29, 1.82) is 0 Å². The summed E-state index contributed by atoms with van der Waals surface area (Å²) in [4.78, 5) is 6.90. The number of fused-ring (bicyclic) bond motifs is 1. The third kappa shape index (κ3) is 2.17. The molecular formula is C13H16ClN3. The van der Waals surface area contributed by atoms with Gasteiger partial charge in [0.1, 0.15) is 5.82 Å². The van der Waals surface area contributed by atoms with Crippen LogP contribution in [0.1, 0.15) is 12.2 Å². The fraction of sp³-hybridized carbons (Fsp3) is 0.462. The number of nitrogens with zero attached hydrogens (tertiary/aromatic N) is 3. The Labute approximate surface area is 106 Å². The van der Waals surface area contributed by atoms with E-state index in [4.69, 9.17) is 11.6 Å². The summed E-state index contributed by atoms with van der Waals surface area (Å²) >= 11 is 5.97. The lowest BCUT2D eigenvalue weighted by molar-refractivity contribution is 0.392. The van der Waals surface area contributed by atoms with Crippen molar-refractivity contribution in [1.82, 2.24) is 14.3 Å². The van der Waals surface area contributed by atoms with Gasteiger partial charge in [-0.1, -0.05) is 11.6 Å². The van der Waals surface area contributed by atoms with Crippen LogP contribution < -0.4 is 0 Å². The first-order valence-corrected chi connectivity index (χ1v) is 6.40. The zero-order valence-corrected chi connectivity index (χ0v) is 10.7. The van der Waals surface area contributed by atoms with E-state index in [1.807, 2.05) is 24.5 Å². The molecule has 1 unspecified atom stereocenters. The first kappa shape index (κ1) is 11.1. The fourth-order valence-corrected chi connectivity index (χ4v) is 2.80. The summed E-state index contributed by atoms with van der Waals surface area (Å²) in [7, 11) is 2.18. The predicted molar refractivity (Wildman–Crippen MR) is 69.5 cm³/mol. The number of aromatic nitrogens is 2. The van der Waals surface area contributed by atoms with Crippen LogP contribution in [0.4, 0.5) is 0 Å². The lowest BCUT2D eigenvalue weighted by Crippen LogP contribution is -2.15. The molecule has 3 nitrogen and oxygen atoms in total. The molecule has 0 aliphatic carbocycles. The van der Waals surface area contributed by atoms with Crippen molar-refractivity contribution < 1.29 is 0 Å². The molecule has 1 saturated heterocycles. The normalized spacial score (nSPS) is 21.4. The highest BCUT2D eigenvalue weighted by Gasteiger charge is 2.21. The highest BCUT2D eigenvalue weighted by molar-refractivity contribution is 6.30. The maximum absolute atomic E-state index is 5.97. The molecule has 1 aliphatic rings. The van der Waals surface area contributed by atoms with Crippen LogP contribution in [-0.2, 0) is 6.42 Å². The molecule has 0 aromatic carbocycles. The van der Waals surface area contributed by atoms with Gasteiger partial charge in [-0.25, -0.2) is 4.98 Å². The quantitative estimate of drug-likeness (QED) is 0.815. The van der Waals surface area contributed by atoms with Gasteiger partial charge in [-0.2, -0.15) is 0 Å². The molecule has 2 aromatic heterocycles. The van der Waals surface area contributed by atoms with Crippen LogP contribution in [0.3, 0.4) is 0 Å². The van der Waals surface area contributed by atoms with E-state index in [0.717, 1.165) is 28.7 Å². The van der Waals surface area contributed by atoms with E-state index >= 15 is 0 Å². The third-order valence-corrected chi connectivity index (χ3v) is 3.77. The van der Waals surface area contributed by atoms with E-state index in [1.54, 1.807) is 0 Å². The minimum atomic E-state index is 0.737. The molecule has 0 radical (unpaired) electrons. The lowest BCUT2D eigenvalue weighted by Gasteiger charge is -2.09. The number of imidazole rings is 1. The number of likely N-dealkylation sites (tertiary alicyclic amines) is 1. The van der Waals surface area contributed by atoms with Gasteiger partial charge < -0.3 is 9.30 Å². The van der Waals surface area contributed by atoms with E-state index in [0.29, 0.717) is 0 Å². The SMILES string of the molecule is CN1CCC(Cc2ncc3cc(Cl)ccn23)C1. The van der Waals surface area contributed by atoms with Crippen molar-refractivity contribution in [2.75, 3.05) is 20.1 Å². The molecule has 3 heterocycles. The Kier molecular flexibility index (Phi) is 2.81. The second-order valence-electron chi connectivity index (χ2n) is 4.94. The summed E-state index contributed by atoms with van der Waals surface area (Å²) in [6, 6.07) is 3.87. The molecule has 1 atom stereocenters. The second kappa shape index (κ2) is 4.31. The standard InChI is InChI=1S/C13H16ClN3/c1-16-4-2-10(9-16)6-13-15-8-12-7-11(14)3-5-17(12)13/h3,5,7-8,10H,2,4,6,9H2,1H3. The van der Waals surface area contributed by atoms with Crippen molar-refractivity contribution >= 4 is 17.1 Å². The Morgan fingerprint density at radius 1 is 1.53 bits per heavy atom. The number of hydrogen-bond donors (Lipinski definition) is 0. The van der Waals surface area contributed by atoms with E-state index < -0.39 is 0 Å². The third-order valence-electron chi connectivity index (χ3n) is 3.53. The lowest BCUT2D eigenvalue weighted by atomic mass is 10.0. The van der Waals surface area contributed by atoms with E-state index in [-0.39, 0.29) is 0 Å². The number of hydrogen-bond acceptors (Lipinski definition) is 2. The second-order valence-corrected chi connectivity index (χ2v) is 5.37. The summed E-state index contributed by atoms with van der Waals surface area (Å²) in [5, 5.41) is 0.768. The topological polar surface area (TPSA) is 20.5 Å². The van der Waals surface area contributed by atoms with Crippen LogP contribution in [0.2, 0.25) is 5.02 Å². The molecule has 1 fully saturated rings.